The van der Waals surface area contributed by atoms with Crippen LogP contribution in [0.4, 0.5) is 0 Å². The lowest BCUT2D eigenvalue weighted by Gasteiger charge is -2.21. The van der Waals surface area contributed by atoms with E-state index in [1.54, 1.807) is 6.92 Å². The standard InChI is InChI=1S/C17H26N2O3.ClH/c1-4-12(3)15(18)16(20)19-11-14(17(21)22-5-2)13-9-7-6-8-10-13;/h6-10,12,14-15H,4-5,11,18H2,1-3H3,(H,19,20);1H. The minimum atomic E-state index is -0.566. The van der Waals surface area contributed by atoms with Gasteiger partial charge in [-0.05, 0) is 18.4 Å². The van der Waals surface area contributed by atoms with Gasteiger partial charge in [-0.15, -0.1) is 12.4 Å². The second kappa shape index (κ2) is 11.0. The molecule has 3 atom stereocenters. The summed E-state index contributed by atoms with van der Waals surface area (Å²) in [6.45, 7) is 6.18. The minimum Gasteiger partial charge on any atom is -0.465 e. The Morgan fingerprint density at radius 3 is 2.35 bits per heavy atom. The van der Waals surface area contributed by atoms with Crippen LogP contribution in [0, 0.1) is 5.92 Å². The third kappa shape index (κ3) is 6.59. The van der Waals surface area contributed by atoms with E-state index < -0.39 is 12.0 Å². The molecule has 0 heterocycles. The highest BCUT2D eigenvalue weighted by Crippen LogP contribution is 2.17. The van der Waals surface area contributed by atoms with E-state index >= 15 is 0 Å². The maximum absolute atomic E-state index is 12.1. The molecule has 5 nitrogen and oxygen atoms in total. The van der Waals surface area contributed by atoms with Gasteiger partial charge in [0.2, 0.25) is 5.91 Å². The molecule has 0 radical (unpaired) electrons. The predicted octanol–water partition coefficient (Wildman–Crippen LogP) is 2.24. The van der Waals surface area contributed by atoms with Gasteiger partial charge in [0.15, 0.2) is 0 Å². The van der Waals surface area contributed by atoms with Crippen LogP contribution in [-0.2, 0) is 14.3 Å². The number of hydrogen-bond acceptors (Lipinski definition) is 4. The van der Waals surface area contributed by atoms with Crippen molar-refractivity contribution in [2.75, 3.05) is 13.2 Å². The van der Waals surface area contributed by atoms with Crippen molar-refractivity contribution in [3.05, 3.63) is 35.9 Å². The van der Waals surface area contributed by atoms with Crippen LogP contribution >= 0.6 is 12.4 Å². The number of carbonyl (C=O) groups is 2. The summed E-state index contributed by atoms with van der Waals surface area (Å²) in [7, 11) is 0. The Labute approximate surface area is 144 Å². The third-order valence-electron chi connectivity index (χ3n) is 3.81. The van der Waals surface area contributed by atoms with Crippen molar-refractivity contribution >= 4 is 24.3 Å². The van der Waals surface area contributed by atoms with Gasteiger partial charge in [0.1, 0.15) is 0 Å². The Hall–Kier alpha value is -1.59. The minimum absolute atomic E-state index is 0. The molecule has 0 aliphatic heterocycles. The van der Waals surface area contributed by atoms with E-state index in [-0.39, 0.29) is 36.7 Å². The summed E-state index contributed by atoms with van der Waals surface area (Å²) in [5, 5.41) is 2.77. The predicted molar refractivity (Wildman–Crippen MR) is 93.5 cm³/mol. The Kier molecular flexibility index (Phi) is 10.3. The molecule has 3 N–H and O–H groups in total. The molecule has 23 heavy (non-hydrogen) atoms. The van der Waals surface area contributed by atoms with E-state index in [2.05, 4.69) is 5.32 Å². The number of nitrogens with two attached hydrogens (primary N) is 1. The molecule has 0 saturated carbocycles. The molecular formula is C17H27ClN2O3. The van der Waals surface area contributed by atoms with E-state index in [0.29, 0.717) is 6.61 Å². The summed E-state index contributed by atoms with van der Waals surface area (Å²) < 4.78 is 5.10. The Morgan fingerprint density at radius 1 is 1.22 bits per heavy atom. The molecule has 1 aromatic rings. The van der Waals surface area contributed by atoms with Crippen LogP contribution in [-0.4, -0.2) is 31.1 Å². The first kappa shape index (κ1) is 21.4. The van der Waals surface area contributed by atoms with E-state index in [0.717, 1.165) is 12.0 Å². The van der Waals surface area contributed by atoms with Crippen LogP contribution in [0.2, 0.25) is 0 Å². The van der Waals surface area contributed by atoms with Crippen molar-refractivity contribution in [2.45, 2.75) is 39.2 Å². The van der Waals surface area contributed by atoms with Crippen LogP contribution < -0.4 is 11.1 Å². The van der Waals surface area contributed by atoms with Gasteiger partial charge in [-0.2, -0.15) is 0 Å². The monoisotopic (exact) mass is 342 g/mol. The number of ether oxygens (including phenoxy) is 1. The smallest absolute Gasteiger partial charge is 0.315 e. The van der Waals surface area contributed by atoms with Gasteiger partial charge in [0.25, 0.3) is 0 Å². The molecule has 0 aromatic heterocycles. The summed E-state index contributed by atoms with van der Waals surface area (Å²) in [5.41, 5.74) is 6.72. The largest absolute Gasteiger partial charge is 0.465 e. The molecule has 1 amide bonds. The zero-order chi connectivity index (χ0) is 16.5. The molecule has 0 spiro atoms. The third-order valence-corrected chi connectivity index (χ3v) is 3.81. The molecule has 0 bridgehead atoms. The van der Waals surface area contributed by atoms with Gasteiger partial charge < -0.3 is 15.8 Å². The lowest BCUT2D eigenvalue weighted by atomic mass is 9.97. The fourth-order valence-electron chi connectivity index (χ4n) is 2.10. The molecule has 6 heteroatoms. The average Bonchev–Trinajstić information content (AvgIpc) is 2.54. The Balaban J connectivity index is 0.00000484. The van der Waals surface area contributed by atoms with Crippen molar-refractivity contribution in [2.24, 2.45) is 11.7 Å². The van der Waals surface area contributed by atoms with Crippen LogP contribution in [0.15, 0.2) is 30.3 Å². The Bertz CT molecular complexity index is 482. The number of nitrogens with one attached hydrogen (secondary N) is 1. The van der Waals surface area contributed by atoms with Gasteiger partial charge >= 0.3 is 5.97 Å². The van der Waals surface area contributed by atoms with Crippen molar-refractivity contribution in [1.82, 2.24) is 5.32 Å². The van der Waals surface area contributed by atoms with Crippen LogP contribution in [0.5, 0.6) is 0 Å². The van der Waals surface area contributed by atoms with Crippen molar-refractivity contribution in [3.8, 4) is 0 Å². The second-order valence-corrected chi connectivity index (χ2v) is 5.37. The van der Waals surface area contributed by atoms with Crippen molar-refractivity contribution < 1.29 is 14.3 Å². The van der Waals surface area contributed by atoms with E-state index in [1.807, 2.05) is 44.2 Å². The molecule has 1 aromatic carbocycles. The van der Waals surface area contributed by atoms with Gasteiger partial charge in [-0.25, -0.2) is 0 Å². The lowest BCUT2D eigenvalue weighted by Crippen LogP contribution is -2.46. The summed E-state index contributed by atoms with van der Waals surface area (Å²) in [4.78, 5) is 24.2. The van der Waals surface area contributed by atoms with Crippen molar-refractivity contribution in [1.29, 1.82) is 0 Å². The Morgan fingerprint density at radius 2 is 1.83 bits per heavy atom. The topological polar surface area (TPSA) is 81.4 Å². The highest BCUT2D eigenvalue weighted by atomic mass is 35.5. The fraction of sp³-hybridized carbons (Fsp3) is 0.529. The van der Waals surface area contributed by atoms with E-state index in [1.165, 1.54) is 0 Å². The quantitative estimate of drug-likeness (QED) is 0.710. The summed E-state index contributed by atoms with van der Waals surface area (Å²) in [6, 6.07) is 8.72. The molecule has 0 aliphatic rings. The zero-order valence-electron chi connectivity index (χ0n) is 14.0. The number of rotatable bonds is 8. The van der Waals surface area contributed by atoms with E-state index in [9.17, 15) is 9.59 Å². The maximum atomic E-state index is 12.1. The molecule has 3 unspecified atom stereocenters. The molecular weight excluding hydrogens is 316 g/mol. The zero-order valence-corrected chi connectivity index (χ0v) is 14.8. The van der Waals surface area contributed by atoms with Gasteiger partial charge in [-0.3, -0.25) is 9.59 Å². The normalized spacial score (nSPS) is 14.1. The highest BCUT2D eigenvalue weighted by Gasteiger charge is 2.25. The number of esters is 1. The molecule has 1 rings (SSSR count). The van der Waals surface area contributed by atoms with Crippen LogP contribution in [0.3, 0.4) is 0 Å². The van der Waals surface area contributed by atoms with Crippen molar-refractivity contribution in [3.63, 3.8) is 0 Å². The number of carbonyl (C=O) groups excluding carboxylic acids is 2. The first-order chi connectivity index (χ1) is 10.5. The number of amides is 1. The molecule has 0 fully saturated rings. The maximum Gasteiger partial charge on any atom is 0.315 e. The second-order valence-electron chi connectivity index (χ2n) is 5.37. The summed E-state index contributed by atoms with van der Waals surface area (Å²) in [5.74, 6) is -1.00. The molecule has 0 saturated heterocycles. The summed E-state index contributed by atoms with van der Waals surface area (Å²) >= 11 is 0. The SMILES string of the molecule is CCOC(=O)C(CNC(=O)C(N)C(C)CC)c1ccccc1.Cl. The first-order valence-electron chi connectivity index (χ1n) is 7.76. The average molecular weight is 343 g/mol. The van der Waals surface area contributed by atoms with Gasteiger partial charge in [0, 0.05) is 6.54 Å². The van der Waals surface area contributed by atoms with Gasteiger partial charge in [-0.1, -0.05) is 50.6 Å². The number of halogens is 1. The lowest BCUT2D eigenvalue weighted by molar-refractivity contribution is -0.144. The van der Waals surface area contributed by atoms with Crippen LogP contribution in [0.1, 0.15) is 38.7 Å². The van der Waals surface area contributed by atoms with Crippen LogP contribution in [0.25, 0.3) is 0 Å². The molecule has 130 valence electrons. The number of hydrogen-bond donors (Lipinski definition) is 2. The summed E-state index contributed by atoms with van der Waals surface area (Å²) in [6.07, 6.45) is 0.828. The first-order valence-corrected chi connectivity index (χ1v) is 7.76. The highest BCUT2D eigenvalue weighted by molar-refractivity contribution is 5.85. The molecule has 0 aliphatic carbocycles. The number of benzene rings is 1. The van der Waals surface area contributed by atoms with E-state index in [4.69, 9.17) is 10.5 Å². The fourth-order valence-corrected chi connectivity index (χ4v) is 2.10. The van der Waals surface area contributed by atoms with Gasteiger partial charge in [0.05, 0.1) is 18.6 Å².